The van der Waals surface area contributed by atoms with E-state index in [9.17, 15) is 4.79 Å². The first-order valence-electron chi connectivity index (χ1n) is 13.2. The van der Waals surface area contributed by atoms with E-state index in [0.717, 1.165) is 48.1 Å². The third-order valence-electron chi connectivity index (χ3n) is 6.28. The molecule has 1 aliphatic carbocycles. The van der Waals surface area contributed by atoms with E-state index in [1.165, 1.54) is 0 Å². The maximum absolute atomic E-state index is 12.9. The molecule has 5 rings (SSSR count). The summed E-state index contributed by atoms with van der Waals surface area (Å²) in [5.41, 5.74) is 3.06. The average Bonchev–Trinajstić information content (AvgIpc) is 3.00. The zero-order chi connectivity index (χ0) is 28.5. The number of aliphatic hydroxyl groups is 1. The van der Waals surface area contributed by atoms with Crippen molar-refractivity contribution < 1.29 is 60.7 Å². The Labute approximate surface area is 268 Å². The molecule has 6 nitrogen and oxygen atoms in total. The third kappa shape index (κ3) is 11.0. The van der Waals surface area contributed by atoms with Crippen molar-refractivity contribution in [1.82, 2.24) is 0 Å². The van der Waals surface area contributed by atoms with Crippen LogP contribution >= 0.6 is 0 Å². The number of esters is 1. The van der Waals surface area contributed by atoms with Gasteiger partial charge in [0.15, 0.2) is 0 Å². The monoisotopic (exact) mass is 784 g/mol. The van der Waals surface area contributed by atoms with E-state index < -0.39 is 0 Å². The number of carbonyl (C=O) groups excluding carboxylic acids is 1. The maximum Gasteiger partial charge on any atom is 0.314 e. The summed E-state index contributed by atoms with van der Waals surface area (Å²) in [6.45, 7) is 4.00. The van der Waals surface area contributed by atoms with Crippen LogP contribution in [0.25, 0.3) is 11.1 Å². The van der Waals surface area contributed by atoms with Crippen molar-refractivity contribution in [2.45, 2.75) is 32.6 Å². The van der Waals surface area contributed by atoms with E-state index in [-0.39, 0.29) is 54.4 Å². The molecule has 0 radical (unpaired) electrons. The van der Waals surface area contributed by atoms with Gasteiger partial charge in [0.1, 0.15) is 17.2 Å². The van der Waals surface area contributed by atoms with E-state index in [1.54, 1.807) is 14.2 Å². The second-order valence-electron chi connectivity index (χ2n) is 8.33. The van der Waals surface area contributed by atoms with Gasteiger partial charge in [0.25, 0.3) is 0 Å². The molecule has 1 saturated carbocycles. The van der Waals surface area contributed by atoms with Crippen molar-refractivity contribution >= 4 is 5.97 Å². The van der Waals surface area contributed by atoms with Gasteiger partial charge in [0.05, 0.1) is 20.1 Å². The first kappa shape index (κ1) is 37.9. The molecule has 1 fully saturated rings. The number of hydrogen-bond acceptors (Lipinski definition) is 5. The van der Waals surface area contributed by atoms with Crippen molar-refractivity contribution in [3.63, 3.8) is 0 Å². The van der Waals surface area contributed by atoms with Crippen LogP contribution in [0.2, 0.25) is 0 Å². The summed E-state index contributed by atoms with van der Waals surface area (Å²) < 4.78 is 16.2. The number of benzene rings is 4. The number of carbonyl (C=O) groups is 1. The van der Waals surface area contributed by atoms with Crippen LogP contribution in [0, 0.1) is 37.0 Å². The minimum Gasteiger partial charge on any atom is -0.497 e. The molecule has 2 unspecified atom stereocenters. The standard InChI is InChI=1S/C24H22O3.C7H8O.C2H6.CH4O.H2O.U/c1-26-22-13-7-6-12-20(22)19-15-16-21(19)24(25)27-23-14-8-5-11-18(23)17-9-3-2-4-10-17;1-8-7-5-3-2-4-6-7;2*1-2;;/h2-14,19,21H,15-16H2,1H3;2-6H,1H3;1-2H3;2H,1H3;1H2;. The minimum atomic E-state index is -0.166. The second-order valence-corrected chi connectivity index (χ2v) is 8.33. The molecule has 0 bridgehead atoms. The fourth-order valence-electron chi connectivity index (χ4n) is 4.28. The Hall–Kier alpha value is -3.08. The molecule has 4 aromatic rings. The van der Waals surface area contributed by atoms with Gasteiger partial charge < -0.3 is 24.8 Å². The molecule has 0 aliphatic heterocycles. The Morgan fingerprint density at radius 3 is 1.71 bits per heavy atom. The van der Waals surface area contributed by atoms with Gasteiger partial charge in [-0.05, 0) is 48.2 Å². The van der Waals surface area contributed by atoms with Gasteiger partial charge in [-0.2, -0.15) is 0 Å². The summed E-state index contributed by atoms with van der Waals surface area (Å²) >= 11 is 0. The summed E-state index contributed by atoms with van der Waals surface area (Å²) in [5.74, 6) is 2.21. The summed E-state index contributed by atoms with van der Waals surface area (Å²) in [4.78, 5) is 12.9. The fourth-order valence-corrected chi connectivity index (χ4v) is 4.28. The predicted molar refractivity (Wildman–Crippen MR) is 162 cm³/mol. The van der Waals surface area contributed by atoms with Crippen LogP contribution in [0.1, 0.15) is 38.2 Å². The molecule has 3 N–H and O–H groups in total. The second kappa shape index (κ2) is 21.6. The molecule has 7 heteroatoms. The molecule has 0 heterocycles. The smallest absolute Gasteiger partial charge is 0.314 e. The third-order valence-corrected chi connectivity index (χ3v) is 6.28. The molecule has 1 aliphatic rings. The molecule has 41 heavy (non-hydrogen) atoms. The first-order valence-corrected chi connectivity index (χ1v) is 13.2. The molecule has 0 saturated heterocycles. The molecule has 0 amide bonds. The van der Waals surface area contributed by atoms with E-state index in [1.807, 2.05) is 123 Å². The van der Waals surface area contributed by atoms with Crippen molar-refractivity contribution in [3.8, 4) is 28.4 Å². The number of methoxy groups -OCH3 is 2. The Morgan fingerprint density at radius 2 is 1.20 bits per heavy atom. The van der Waals surface area contributed by atoms with Gasteiger partial charge in [-0.25, -0.2) is 0 Å². The first-order chi connectivity index (χ1) is 19.2. The molecule has 218 valence electrons. The number of hydrogen-bond donors (Lipinski definition) is 1. The minimum absolute atomic E-state index is 0. The molecular weight excluding hydrogens is 742 g/mol. The van der Waals surface area contributed by atoms with E-state index >= 15 is 0 Å². The predicted octanol–water partition coefficient (Wildman–Crippen LogP) is 6.97. The van der Waals surface area contributed by atoms with Crippen molar-refractivity contribution in [2.75, 3.05) is 21.3 Å². The summed E-state index contributed by atoms with van der Waals surface area (Å²) in [5, 5.41) is 7.00. The summed E-state index contributed by atoms with van der Waals surface area (Å²) in [6, 6.07) is 35.3. The van der Waals surface area contributed by atoms with Crippen LogP contribution in [0.3, 0.4) is 0 Å². The topological polar surface area (TPSA) is 96.5 Å². The Balaban J connectivity index is 0.000000975. The zero-order valence-electron chi connectivity index (χ0n) is 24.5. The zero-order valence-corrected chi connectivity index (χ0v) is 28.7. The average molecular weight is 785 g/mol. The number of ether oxygens (including phenoxy) is 3. The Morgan fingerprint density at radius 1 is 0.683 bits per heavy atom. The van der Waals surface area contributed by atoms with Gasteiger partial charge in [0, 0.05) is 49.7 Å². The number of aliphatic hydroxyl groups excluding tert-OH is 1. The van der Waals surface area contributed by atoms with Crippen LogP contribution in [0.15, 0.2) is 109 Å². The van der Waals surface area contributed by atoms with Gasteiger partial charge in [-0.1, -0.05) is 98.8 Å². The summed E-state index contributed by atoms with van der Waals surface area (Å²) in [7, 11) is 4.33. The quantitative estimate of drug-likeness (QED) is 0.169. The van der Waals surface area contributed by atoms with Crippen molar-refractivity contribution in [3.05, 3.63) is 115 Å². The van der Waals surface area contributed by atoms with E-state index in [4.69, 9.17) is 19.3 Å². The Kier molecular flexibility index (Phi) is 20.0. The number of rotatable bonds is 6. The van der Waals surface area contributed by atoms with E-state index in [0.29, 0.717) is 5.75 Å². The van der Waals surface area contributed by atoms with Crippen LogP contribution in [0.4, 0.5) is 0 Å². The van der Waals surface area contributed by atoms with Crippen LogP contribution in [-0.4, -0.2) is 37.9 Å². The SMILES string of the molecule is CC.CO.COc1ccccc1.COc1ccccc1C1CCC1C(=O)Oc1ccccc1-c1ccccc1.O.[U]. The van der Waals surface area contributed by atoms with Crippen molar-refractivity contribution in [1.29, 1.82) is 0 Å². The van der Waals surface area contributed by atoms with Crippen LogP contribution in [-0.2, 0) is 4.79 Å². The molecule has 0 aromatic heterocycles. The van der Waals surface area contributed by atoms with Gasteiger partial charge >= 0.3 is 5.97 Å². The fraction of sp³-hybridized carbons (Fsp3) is 0.265. The molecule has 2 atom stereocenters. The number of para-hydroxylation sites is 3. The van der Waals surface area contributed by atoms with Gasteiger partial charge in [-0.15, -0.1) is 0 Å². The molecule has 4 aromatic carbocycles. The maximum atomic E-state index is 12.9. The Bertz CT molecular complexity index is 1230. The molecule has 0 spiro atoms. The normalized spacial score (nSPS) is 14.1. The van der Waals surface area contributed by atoms with E-state index in [2.05, 4.69) is 0 Å². The van der Waals surface area contributed by atoms with Crippen LogP contribution in [0.5, 0.6) is 17.2 Å². The molecular formula is C34H42O6U. The van der Waals surface area contributed by atoms with Crippen molar-refractivity contribution in [2.24, 2.45) is 5.92 Å². The van der Waals surface area contributed by atoms with Gasteiger partial charge in [0.2, 0.25) is 0 Å². The largest absolute Gasteiger partial charge is 0.497 e. The van der Waals surface area contributed by atoms with Gasteiger partial charge in [-0.3, -0.25) is 4.79 Å². The summed E-state index contributed by atoms with van der Waals surface area (Å²) in [6.07, 6.45) is 1.82. The van der Waals surface area contributed by atoms with Crippen LogP contribution < -0.4 is 14.2 Å².